The lowest BCUT2D eigenvalue weighted by molar-refractivity contribution is -0.136. The summed E-state index contributed by atoms with van der Waals surface area (Å²) in [5, 5.41) is 6.80. The Balaban J connectivity index is 1.91. The van der Waals surface area contributed by atoms with Crippen LogP contribution in [0.5, 0.6) is 5.75 Å². The van der Waals surface area contributed by atoms with Gasteiger partial charge in [0.1, 0.15) is 5.75 Å². The first-order valence-electron chi connectivity index (χ1n) is 7.04. The van der Waals surface area contributed by atoms with Crippen molar-refractivity contribution in [2.75, 3.05) is 12.4 Å². The number of hydrogen-bond donors (Lipinski definition) is 2. The number of benzene rings is 2. The van der Waals surface area contributed by atoms with Gasteiger partial charge in [-0.25, -0.2) is 5.43 Å². The van der Waals surface area contributed by atoms with E-state index in [0.717, 1.165) is 11.1 Å². The van der Waals surface area contributed by atoms with E-state index in [9.17, 15) is 9.59 Å². The molecule has 2 N–H and O–H groups in total. The molecule has 0 unspecified atom stereocenters. The first-order valence-corrected chi connectivity index (χ1v) is 7.42. The molecule has 2 amide bonds. The number of carbonyl (C=O) groups excluding carboxylic acids is 2. The number of carbonyl (C=O) groups is 2. The third-order valence-corrected chi connectivity index (χ3v) is 3.37. The van der Waals surface area contributed by atoms with E-state index in [4.69, 9.17) is 16.3 Å². The number of methoxy groups -OCH3 is 1. The molecule has 6 nitrogen and oxygen atoms in total. The van der Waals surface area contributed by atoms with E-state index in [-0.39, 0.29) is 0 Å². The zero-order valence-corrected chi connectivity index (χ0v) is 13.9. The van der Waals surface area contributed by atoms with Crippen LogP contribution in [0.3, 0.4) is 0 Å². The highest BCUT2D eigenvalue weighted by atomic mass is 35.5. The SMILES string of the molecule is COc1ccc(/C=N/NC(=O)C(=O)Nc2ccc(Cl)cc2C)cc1. The summed E-state index contributed by atoms with van der Waals surface area (Å²) in [7, 11) is 1.57. The molecule has 0 radical (unpaired) electrons. The normalized spacial score (nSPS) is 10.5. The smallest absolute Gasteiger partial charge is 0.329 e. The molecule has 0 aliphatic heterocycles. The number of nitrogens with zero attached hydrogens (tertiary/aromatic N) is 1. The molecule has 24 heavy (non-hydrogen) atoms. The van der Waals surface area contributed by atoms with Gasteiger partial charge in [0, 0.05) is 10.7 Å². The van der Waals surface area contributed by atoms with Crippen LogP contribution in [-0.4, -0.2) is 25.1 Å². The van der Waals surface area contributed by atoms with Gasteiger partial charge in [0.2, 0.25) is 0 Å². The molecule has 0 heterocycles. The minimum absolute atomic E-state index is 0.513. The van der Waals surface area contributed by atoms with Crippen molar-refractivity contribution in [3.05, 3.63) is 58.6 Å². The maximum Gasteiger partial charge on any atom is 0.329 e. The number of amides is 2. The fourth-order valence-electron chi connectivity index (χ4n) is 1.85. The number of aryl methyl sites for hydroxylation is 1. The van der Waals surface area contributed by atoms with Crippen molar-refractivity contribution in [1.82, 2.24) is 5.43 Å². The second-order valence-corrected chi connectivity index (χ2v) is 5.32. The van der Waals surface area contributed by atoms with Gasteiger partial charge in [0.25, 0.3) is 0 Å². The lowest BCUT2D eigenvalue weighted by Crippen LogP contribution is -2.32. The van der Waals surface area contributed by atoms with Crippen LogP contribution >= 0.6 is 11.6 Å². The average Bonchev–Trinajstić information content (AvgIpc) is 2.57. The quantitative estimate of drug-likeness (QED) is 0.508. The second-order valence-electron chi connectivity index (χ2n) is 4.89. The lowest BCUT2D eigenvalue weighted by atomic mass is 10.2. The lowest BCUT2D eigenvalue weighted by Gasteiger charge is -2.07. The van der Waals surface area contributed by atoms with E-state index >= 15 is 0 Å². The molecule has 2 aromatic carbocycles. The summed E-state index contributed by atoms with van der Waals surface area (Å²) in [6.07, 6.45) is 1.43. The number of hydrogen-bond acceptors (Lipinski definition) is 4. The Morgan fingerprint density at radius 3 is 2.46 bits per heavy atom. The van der Waals surface area contributed by atoms with Crippen molar-refractivity contribution in [1.29, 1.82) is 0 Å². The van der Waals surface area contributed by atoms with Gasteiger partial charge in [-0.2, -0.15) is 5.10 Å². The summed E-state index contributed by atoms with van der Waals surface area (Å²) in [6, 6.07) is 12.0. The fraction of sp³-hybridized carbons (Fsp3) is 0.118. The minimum atomic E-state index is -0.867. The number of halogens is 1. The Bertz CT molecular complexity index is 773. The second kappa shape index (κ2) is 8.12. The number of ether oxygens (including phenoxy) is 1. The highest BCUT2D eigenvalue weighted by Gasteiger charge is 2.13. The summed E-state index contributed by atoms with van der Waals surface area (Å²) < 4.78 is 5.04. The van der Waals surface area contributed by atoms with E-state index in [2.05, 4.69) is 15.8 Å². The summed E-state index contributed by atoms with van der Waals surface area (Å²) in [4.78, 5) is 23.6. The summed E-state index contributed by atoms with van der Waals surface area (Å²) >= 11 is 5.84. The van der Waals surface area contributed by atoms with E-state index in [1.54, 1.807) is 56.5 Å². The number of anilines is 1. The van der Waals surface area contributed by atoms with Crippen molar-refractivity contribution in [2.24, 2.45) is 5.10 Å². The van der Waals surface area contributed by atoms with Gasteiger partial charge in [0.05, 0.1) is 13.3 Å². The van der Waals surface area contributed by atoms with E-state index in [1.807, 2.05) is 0 Å². The largest absolute Gasteiger partial charge is 0.497 e. The Morgan fingerprint density at radius 1 is 1.12 bits per heavy atom. The van der Waals surface area contributed by atoms with Gasteiger partial charge in [-0.05, 0) is 60.5 Å². The van der Waals surface area contributed by atoms with Gasteiger partial charge < -0.3 is 10.1 Å². The van der Waals surface area contributed by atoms with Gasteiger partial charge >= 0.3 is 11.8 Å². The molecule has 2 aromatic rings. The van der Waals surface area contributed by atoms with Gasteiger partial charge in [-0.3, -0.25) is 9.59 Å². The molecule has 0 aliphatic rings. The molecule has 0 saturated carbocycles. The molecule has 0 saturated heterocycles. The number of hydrazone groups is 1. The molecule has 124 valence electrons. The Labute approximate surface area is 144 Å². The summed E-state index contributed by atoms with van der Waals surface area (Å²) in [5.41, 5.74) is 4.19. The van der Waals surface area contributed by atoms with Crippen LogP contribution in [0.2, 0.25) is 5.02 Å². The standard InChI is InChI=1S/C17H16ClN3O3/c1-11-9-13(18)5-8-15(11)20-16(22)17(23)21-19-10-12-3-6-14(24-2)7-4-12/h3-10H,1-2H3,(H,20,22)(H,21,23)/b19-10+. The van der Waals surface area contributed by atoms with Crippen LogP contribution in [0.1, 0.15) is 11.1 Å². The predicted molar refractivity (Wildman–Crippen MR) is 93.5 cm³/mol. The Morgan fingerprint density at radius 2 is 1.83 bits per heavy atom. The zero-order chi connectivity index (χ0) is 17.5. The molecular formula is C17H16ClN3O3. The van der Waals surface area contributed by atoms with Crippen molar-refractivity contribution >= 4 is 35.3 Å². The molecule has 2 rings (SSSR count). The first-order chi connectivity index (χ1) is 11.5. The van der Waals surface area contributed by atoms with E-state index in [1.165, 1.54) is 6.21 Å². The van der Waals surface area contributed by atoms with Crippen molar-refractivity contribution in [3.8, 4) is 5.75 Å². The van der Waals surface area contributed by atoms with Crippen LogP contribution < -0.4 is 15.5 Å². The maximum absolute atomic E-state index is 11.8. The molecule has 0 atom stereocenters. The molecular weight excluding hydrogens is 330 g/mol. The van der Waals surface area contributed by atoms with Gasteiger partial charge in [0.15, 0.2) is 0 Å². The Hall–Kier alpha value is -2.86. The van der Waals surface area contributed by atoms with Crippen molar-refractivity contribution in [2.45, 2.75) is 6.92 Å². The molecule has 7 heteroatoms. The van der Waals surface area contributed by atoms with E-state index in [0.29, 0.717) is 16.5 Å². The van der Waals surface area contributed by atoms with Crippen LogP contribution in [0, 0.1) is 6.92 Å². The minimum Gasteiger partial charge on any atom is -0.497 e. The third-order valence-electron chi connectivity index (χ3n) is 3.14. The monoisotopic (exact) mass is 345 g/mol. The van der Waals surface area contributed by atoms with Crippen LogP contribution in [-0.2, 0) is 9.59 Å². The number of nitrogens with one attached hydrogen (secondary N) is 2. The topological polar surface area (TPSA) is 79.8 Å². The predicted octanol–water partition coefficient (Wildman–Crippen LogP) is 2.75. The average molecular weight is 346 g/mol. The van der Waals surface area contributed by atoms with Crippen LogP contribution in [0.4, 0.5) is 5.69 Å². The van der Waals surface area contributed by atoms with Crippen molar-refractivity contribution in [3.63, 3.8) is 0 Å². The van der Waals surface area contributed by atoms with Gasteiger partial charge in [-0.1, -0.05) is 11.6 Å². The van der Waals surface area contributed by atoms with E-state index < -0.39 is 11.8 Å². The third kappa shape index (κ3) is 4.82. The van der Waals surface area contributed by atoms with Gasteiger partial charge in [-0.15, -0.1) is 0 Å². The van der Waals surface area contributed by atoms with Crippen LogP contribution in [0.15, 0.2) is 47.6 Å². The zero-order valence-electron chi connectivity index (χ0n) is 13.2. The maximum atomic E-state index is 11.8. The highest BCUT2D eigenvalue weighted by molar-refractivity contribution is 6.39. The molecule has 0 fully saturated rings. The Kier molecular flexibility index (Phi) is 5.92. The highest BCUT2D eigenvalue weighted by Crippen LogP contribution is 2.19. The molecule has 0 aromatic heterocycles. The summed E-state index contributed by atoms with van der Waals surface area (Å²) in [6.45, 7) is 1.78. The van der Waals surface area contributed by atoms with Crippen LogP contribution in [0.25, 0.3) is 0 Å². The fourth-order valence-corrected chi connectivity index (χ4v) is 2.08. The summed E-state index contributed by atoms with van der Waals surface area (Å²) in [5.74, 6) is -0.963. The first kappa shape index (κ1) is 17.5. The molecule has 0 spiro atoms. The molecule has 0 aliphatic carbocycles. The number of rotatable bonds is 4. The molecule has 0 bridgehead atoms. The van der Waals surface area contributed by atoms with Crippen molar-refractivity contribution < 1.29 is 14.3 Å².